The van der Waals surface area contributed by atoms with Gasteiger partial charge in [-0.25, -0.2) is 9.59 Å². The molecule has 0 spiro atoms. The van der Waals surface area contributed by atoms with E-state index in [0.29, 0.717) is 49.2 Å². The molecule has 2 saturated heterocycles. The molecule has 8 nitrogen and oxygen atoms in total. The van der Waals surface area contributed by atoms with Crippen LogP contribution in [0.1, 0.15) is 34.1 Å². The van der Waals surface area contributed by atoms with Crippen molar-refractivity contribution in [1.29, 1.82) is 0 Å². The standard InChI is InChI=1S/C22H28ClN3O5/c1-14(2)11-19(27)26-9-7-25(8-10-26)18-6-5-15(12-17(18)23)24-13-16-20(28)30-22(3,4)31-21(16)29/h5-6,12-14,24H,7-11H2,1-4H3. The van der Waals surface area contributed by atoms with Crippen LogP contribution < -0.4 is 10.2 Å². The van der Waals surface area contributed by atoms with Gasteiger partial charge in [0.15, 0.2) is 5.57 Å². The molecule has 2 heterocycles. The maximum absolute atomic E-state index is 12.2. The van der Waals surface area contributed by atoms with Gasteiger partial charge in [-0.3, -0.25) is 4.79 Å². The Morgan fingerprint density at radius 3 is 2.32 bits per heavy atom. The fourth-order valence-electron chi connectivity index (χ4n) is 3.46. The maximum atomic E-state index is 12.2. The molecule has 2 aliphatic rings. The second kappa shape index (κ2) is 9.18. The number of carbonyl (C=O) groups excluding carboxylic acids is 3. The topological polar surface area (TPSA) is 88.2 Å². The van der Waals surface area contributed by atoms with Crippen molar-refractivity contribution in [3.63, 3.8) is 0 Å². The molecule has 0 aliphatic carbocycles. The highest BCUT2D eigenvalue weighted by Gasteiger charge is 2.39. The Morgan fingerprint density at radius 1 is 1.16 bits per heavy atom. The number of nitrogens with zero attached hydrogens (tertiary/aromatic N) is 2. The maximum Gasteiger partial charge on any atom is 0.350 e. The SMILES string of the molecule is CC(C)CC(=O)N1CCN(c2ccc(NC=C3C(=O)OC(C)(C)OC3=O)cc2Cl)CC1. The lowest BCUT2D eigenvalue weighted by atomic mass is 10.1. The van der Waals surface area contributed by atoms with Gasteiger partial charge in [-0.2, -0.15) is 0 Å². The summed E-state index contributed by atoms with van der Waals surface area (Å²) in [6.07, 6.45) is 1.82. The zero-order chi connectivity index (χ0) is 22.8. The van der Waals surface area contributed by atoms with Crippen molar-refractivity contribution >= 4 is 40.8 Å². The van der Waals surface area contributed by atoms with E-state index in [1.807, 2.05) is 24.8 Å². The second-order valence-electron chi connectivity index (χ2n) is 8.51. The Morgan fingerprint density at radius 2 is 1.77 bits per heavy atom. The first-order valence-corrected chi connectivity index (χ1v) is 10.7. The fraction of sp³-hybridized carbons (Fsp3) is 0.500. The fourth-order valence-corrected chi connectivity index (χ4v) is 3.76. The molecule has 3 rings (SSSR count). The average Bonchev–Trinajstić information content (AvgIpc) is 2.66. The van der Waals surface area contributed by atoms with Gasteiger partial charge in [0, 0.05) is 58.3 Å². The van der Waals surface area contributed by atoms with E-state index in [0.717, 1.165) is 5.69 Å². The first kappa shape index (κ1) is 22.9. The van der Waals surface area contributed by atoms with Crippen LogP contribution in [0.3, 0.4) is 0 Å². The van der Waals surface area contributed by atoms with Gasteiger partial charge in [0.2, 0.25) is 5.91 Å². The molecular formula is C22H28ClN3O5. The minimum Gasteiger partial charge on any atom is -0.419 e. The predicted molar refractivity (Wildman–Crippen MR) is 118 cm³/mol. The van der Waals surface area contributed by atoms with Crippen LogP contribution in [0.2, 0.25) is 5.02 Å². The van der Waals surface area contributed by atoms with Gasteiger partial charge in [0.25, 0.3) is 5.79 Å². The molecule has 0 aromatic heterocycles. The van der Waals surface area contributed by atoms with Crippen LogP contribution in [-0.2, 0) is 23.9 Å². The highest BCUT2D eigenvalue weighted by Crippen LogP contribution is 2.30. The molecule has 0 saturated carbocycles. The Bertz CT molecular complexity index is 882. The number of amides is 1. The molecule has 1 N–H and O–H groups in total. The molecule has 2 aliphatic heterocycles. The van der Waals surface area contributed by atoms with Crippen molar-refractivity contribution in [2.45, 2.75) is 39.9 Å². The number of esters is 2. The van der Waals surface area contributed by atoms with Gasteiger partial charge in [0.1, 0.15) is 0 Å². The Kier molecular flexibility index (Phi) is 6.79. The summed E-state index contributed by atoms with van der Waals surface area (Å²) >= 11 is 6.48. The lowest BCUT2D eigenvalue weighted by Crippen LogP contribution is -2.49. The number of carbonyl (C=O) groups is 3. The number of anilines is 2. The van der Waals surface area contributed by atoms with E-state index in [9.17, 15) is 14.4 Å². The van der Waals surface area contributed by atoms with Gasteiger partial charge in [-0.15, -0.1) is 0 Å². The number of rotatable bonds is 5. The van der Waals surface area contributed by atoms with E-state index in [1.54, 1.807) is 12.1 Å². The molecular weight excluding hydrogens is 422 g/mol. The lowest BCUT2D eigenvalue weighted by Gasteiger charge is -2.37. The van der Waals surface area contributed by atoms with Gasteiger partial charge in [-0.1, -0.05) is 25.4 Å². The van der Waals surface area contributed by atoms with Crippen LogP contribution in [0.25, 0.3) is 0 Å². The number of cyclic esters (lactones) is 2. The quantitative estimate of drug-likeness (QED) is 0.419. The number of hydrogen-bond acceptors (Lipinski definition) is 7. The molecule has 168 valence electrons. The van der Waals surface area contributed by atoms with E-state index < -0.39 is 17.7 Å². The zero-order valence-electron chi connectivity index (χ0n) is 18.2. The number of nitrogens with one attached hydrogen (secondary N) is 1. The van der Waals surface area contributed by atoms with Crippen molar-refractivity contribution in [2.75, 3.05) is 36.4 Å². The van der Waals surface area contributed by atoms with Crippen molar-refractivity contribution in [3.8, 4) is 0 Å². The van der Waals surface area contributed by atoms with E-state index >= 15 is 0 Å². The molecule has 0 bridgehead atoms. The summed E-state index contributed by atoms with van der Waals surface area (Å²) in [4.78, 5) is 40.3. The van der Waals surface area contributed by atoms with Gasteiger partial charge < -0.3 is 24.6 Å². The third-order valence-corrected chi connectivity index (χ3v) is 5.31. The van der Waals surface area contributed by atoms with Gasteiger partial charge in [-0.05, 0) is 24.1 Å². The summed E-state index contributed by atoms with van der Waals surface area (Å²) in [5.74, 6) is -2.24. The van der Waals surface area contributed by atoms with Crippen molar-refractivity contribution < 1.29 is 23.9 Å². The van der Waals surface area contributed by atoms with Crippen LogP contribution in [0, 0.1) is 5.92 Å². The summed E-state index contributed by atoms with van der Waals surface area (Å²) in [7, 11) is 0. The Balaban J connectivity index is 1.62. The monoisotopic (exact) mass is 449 g/mol. The average molecular weight is 450 g/mol. The van der Waals surface area contributed by atoms with E-state index in [1.165, 1.54) is 20.0 Å². The molecule has 1 aromatic rings. The largest absolute Gasteiger partial charge is 0.419 e. The summed E-state index contributed by atoms with van der Waals surface area (Å²) in [5, 5.41) is 3.42. The minimum absolute atomic E-state index is 0.191. The summed E-state index contributed by atoms with van der Waals surface area (Å²) in [6, 6.07) is 5.39. The van der Waals surface area contributed by atoms with Crippen LogP contribution in [0.15, 0.2) is 30.0 Å². The number of ether oxygens (including phenoxy) is 2. The first-order chi connectivity index (χ1) is 14.6. The Hall–Kier alpha value is -2.74. The van der Waals surface area contributed by atoms with Crippen LogP contribution in [0.4, 0.5) is 11.4 Å². The van der Waals surface area contributed by atoms with Crippen LogP contribution in [-0.4, -0.2) is 54.7 Å². The van der Waals surface area contributed by atoms with E-state index in [-0.39, 0.29) is 11.5 Å². The highest BCUT2D eigenvalue weighted by atomic mass is 35.5. The van der Waals surface area contributed by atoms with Crippen molar-refractivity contribution in [2.24, 2.45) is 5.92 Å². The molecule has 0 unspecified atom stereocenters. The highest BCUT2D eigenvalue weighted by molar-refractivity contribution is 6.33. The van der Waals surface area contributed by atoms with Crippen molar-refractivity contribution in [1.82, 2.24) is 4.90 Å². The smallest absolute Gasteiger partial charge is 0.350 e. The minimum atomic E-state index is -1.28. The van der Waals surface area contributed by atoms with E-state index in [4.69, 9.17) is 21.1 Å². The third kappa shape index (κ3) is 5.70. The number of piperazine rings is 1. The molecule has 0 radical (unpaired) electrons. The summed E-state index contributed by atoms with van der Waals surface area (Å²) < 4.78 is 10.1. The normalized spacial score (nSPS) is 18.6. The van der Waals surface area contributed by atoms with Crippen molar-refractivity contribution in [3.05, 3.63) is 35.0 Å². The number of halogens is 1. The van der Waals surface area contributed by atoms with Gasteiger partial charge >= 0.3 is 11.9 Å². The van der Waals surface area contributed by atoms with Crippen LogP contribution >= 0.6 is 11.6 Å². The van der Waals surface area contributed by atoms with E-state index in [2.05, 4.69) is 10.2 Å². The third-order valence-electron chi connectivity index (χ3n) is 5.00. The zero-order valence-corrected chi connectivity index (χ0v) is 19.0. The number of hydrogen-bond donors (Lipinski definition) is 1. The van der Waals surface area contributed by atoms with Crippen LogP contribution in [0.5, 0.6) is 0 Å². The predicted octanol–water partition coefficient (Wildman–Crippen LogP) is 3.17. The second-order valence-corrected chi connectivity index (χ2v) is 8.92. The molecule has 1 aromatic carbocycles. The first-order valence-electron chi connectivity index (χ1n) is 10.3. The molecule has 31 heavy (non-hydrogen) atoms. The number of benzene rings is 1. The molecule has 1 amide bonds. The molecule has 0 atom stereocenters. The molecule has 2 fully saturated rings. The van der Waals surface area contributed by atoms with Gasteiger partial charge in [0.05, 0.1) is 10.7 Å². The lowest BCUT2D eigenvalue weighted by molar-refractivity contribution is -0.222. The Labute approximate surface area is 187 Å². The molecule has 9 heteroatoms. The summed E-state index contributed by atoms with van der Waals surface area (Å²) in [5.41, 5.74) is 1.26. The summed E-state index contributed by atoms with van der Waals surface area (Å²) in [6.45, 7) is 9.79.